The van der Waals surface area contributed by atoms with Crippen molar-refractivity contribution in [3.63, 3.8) is 0 Å². The van der Waals surface area contributed by atoms with Gasteiger partial charge < -0.3 is 13.8 Å². The normalized spacial score (nSPS) is 19.5. The molecule has 1 saturated carbocycles. The van der Waals surface area contributed by atoms with Gasteiger partial charge in [-0.2, -0.15) is 4.98 Å². The highest BCUT2D eigenvalue weighted by Gasteiger charge is 2.29. The summed E-state index contributed by atoms with van der Waals surface area (Å²) >= 11 is 0. The lowest BCUT2D eigenvalue weighted by Gasteiger charge is -2.33. The summed E-state index contributed by atoms with van der Waals surface area (Å²) in [5.41, 5.74) is 0. The first-order valence-corrected chi connectivity index (χ1v) is 7.67. The number of hydrogen-bond donors (Lipinski definition) is 0. The molecule has 0 atom stereocenters. The summed E-state index contributed by atoms with van der Waals surface area (Å²) < 4.78 is 10.5. The third kappa shape index (κ3) is 2.76. The molecule has 0 aromatic carbocycles. The minimum absolute atomic E-state index is 0.0431. The van der Waals surface area contributed by atoms with Crippen molar-refractivity contribution < 1.29 is 13.7 Å². The van der Waals surface area contributed by atoms with Gasteiger partial charge in [-0.05, 0) is 25.0 Å². The van der Waals surface area contributed by atoms with Crippen LogP contribution in [-0.2, 0) is 6.54 Å². The maximum Gasteiger partial charge on any atom is 0.289 e. The summed E-state index contributed by atoms with van der Waals surface area (Å²) in [5, 5.41) is 4.03. The van der Waals surface area contributed by atoms with Crippen LogP contribution in [0.25, 0.3) is 0 Å². The Morgan fingerprint density at radius 3 is 2.77 bits per heavy atom. The molecule has 116 valence electrons. The van der Waals surface area contributed by atoms with Crippen molar-refractivity contribution in [1.29, 1.82) is 0 Å². The molecule has 0 radical (unpaired) electrons. The quantitative estimate of drug-likeness (QED) is 0.852. The third-order valence-corrected chi connectivity index (χ3v) is 4.18. The predicted octanol–water partition coefficient (Wildman–Crippen LogP) is 1.50. The van der Waals surface area contributed by atoms with Gasteiger partial charge in [-0.25, -0.2) is 0 Å². The molecule has 7 heteroatoms. The van der Waals surface area contributed by atoms with Crippen molar-refractivity contribution in [3.8, 4) is 0 Å². The number of carbonyl (C=O) groups is 1. The number of hydrogen-bond acceptors (Lipinski definition) is 6. The number of carbonyl (C=O) groups excluding carboxylic acids is 1. The standard InChI is InChI=1S/C15H18N4O3/c20-15(12-2-1-9-21-12)19-7-5-18(6-8-19)10-13-16-14(17-22-13)11-3-4-11/h1-2,9,11H,3-8,10H2. The molecular formula is C15H18N4O3. The highest BCUT2D eigenvalue weighted by Crippen LogP contribution is 2.38. The van der Waals surface area contributed by atoms with E-state index in [1.807, 2.05) is 4.90 Å². The summed E-state index contributed by atoms with van der Waals surface area (Å²) in [6.07, 6.45) is 3.87. The van der Waals surface area contributed by atoms with Crippen molar-refractivity contribution in [2.24, 2.45) is 0 Å². The molecule has 0 bridgehead atoms. The Balaban J connectivity index is 1.30. The SMILES string of the molecule is O=C(c1ccco1)N1CCN(Cc2nc(C3CC3)no2)CC1. The van der Waals surface area contributed by atoms with Crippen LogP contribution in [0.4, 0.5) is 0 Å². The Morgan fingerprint density at radius 2 is 2.09 bits per heavy atom. The van der Waals surface area contributed by atoms with Gasteiger partial charge in [0.25, 0.3) is 5.91 Å². The smallest absolute Gasteiger partial charge is 0.289 e. The Kier molecular flexibility index (Phi) is 3.42. The number of aromatic nitrogens is 2. The van der Waals surface area contributed by atoms with Crippen molar-refractivity contribution in [1.82, 2.24) is 19.9 Å². The van der Waals surface area contributed by atoms with Gasteiger partial charge in [-0.1, -0.05) is 5.16 Å². The van der Waals surface area contributed by atoms with E-state index in [9.17, 15) is 4.79 Å². The number of nitrogens with zero attached hydrogens (tertiary/aromatic N) is 4. The number of rotatable bonds is 4. The fourth-order valence-corrected chi connectivity index (χ4v) is 2.70. The first-order valence-electron chi connectivity index (χ1n) is 7.67. The van der Waals surface area contributed by atoms with E-state index in [1.54, 1.807) is 12.1 Å². The van der Waals surface area contributed by atoms with Crippen molar-refractivity contribution >= 4 is 5.91 Å². The monoisotopic (exact) mass is 302 g/mol. The Morgan fingerprint density at radius 1 is 1.27 bits per heavy atom. The van der Waals surface area contributed by atoms with E-state index in [1.165, 1.54) is 19.1 Å². The maximum absolute atomic E-state index is 12.2. The molecule has 1 amide bonds. The van der Waals surface area contributed by atoms with Crippen molar-refractivity contribution in [2.75, 3.05) is 26.2 Å². The van der Waals surface area contributed by atoms with Crippen LogP contribution >= 0.6 is 0 Å². The number of piperazine rings is 1. The zero-order valence-corrected chi connectivity index (χ0v) is 12.3. The molecule has 2 aliphatic rings. The molecule has 0 unspecified atom stereocenters. The first-order chi connectivity index (χ1) is 10.8. The van der Waals surface area contributed by atoms with Gasteiger partial charge in [0.2, 0.25) is 5.89 Å². The highest BCUT2D eigenvalue weighted by molar-refractivity contribution is 5.91. The van der Waals surface area contributed by atoms with Gasteiger partial charge in [0.05, 0.1) is 12.8 Å². The second-order valence-electron chi connectivity index (χ2n) is 5.87. The Bertz CT molecular complexity index is 640. The molecule has 1 saturated heterocycles. The van der Waals surface area contributed by atoms with E-state index in [0.29, 0.717) is 37.2 Å². The minimum Gasteiger partial charge on any atom is -0.459 e. The van der Waals surface area contributed by atoms with Crippen LogP contribution in [0, 0.1) is 0 Å². The van der Waals surface area contributed by atoms with Gasteiger partial charge >= 0.3 is 0 Å². The lowest BCUT2D eigenvalue weighted by Crippen LogP contribution is -2.48. The van der Waals surface area contributed by atoms with Crippen LogP contribution in [0.3, 0.4) is 0 Å². The van der Waals surface area contributed by atoms with Gasteiger partial charge in [0.15, 0.2) is 11.6 Å². The minimum atomic E-state index is -0.0431. The molecule has 1 aliphatic carbocycles. The Hall–Kier alpha value is -2.15. The van der Waals surface area contributed by atoms with Crippen LogP contribution < -0.4 is 0 Å². The zero-order chi connectivity index (χ0) is 14.9. The summed E-state index contributed by atoms with van der Waals surface area (Å²) in [7, 11) is 0. The number of furan rings is 1. The molecule has 2 aromatic rings. The van der Waals surface area contributed by atoms with E-state index < -0.39 is 0 Å². The van der Waals surface area contributed by atoms with Crippen LogP contribution in [0.1, 0.15) is 41.0 Å². The van der Waals surface area contributed by atoms with Gasteiger partial charge in [-0.15, -0.1) is 0 Å². The summed E-state index contributed by atoms with van der Waals surface area (Å²) in [4.78, 5) is 20.7. The summed E-state index contributed by atoms with van der Waals surface area (Å²) in [6.45, 7) is 3.62. The highest BCUT2D eigenvalue weighted by atomic mass is 16.5. The molecule has 4 rings (SSSR count). The molecule has 2 aromatic heterocycles. The van der Waals surface area contributed by atoms with E-state index >= 15 is 0 Å². The molecule has 7 nitrogen and oxygen atoms in total. The average molecular weight is 302 g/mol. The van der Waals surface area contributed by atoms with Crippen molar-refractivity contribution in [3.05, 3.63) is 35.9 Å². The van der Waals surface area contributed by atoms with Crippen LogP contribution in [0.5, 0.6) is 0 Å². The molecule has 2 fully saturated rings. The lowest BCUT2D eigenvalue weighted by atomic mass is 10.3. The van der Waals surface area contributed by atoms with Gasteiger partial charge in [0, 0.05) is 32.1 Å². The van der Waals surface area contributed by atoms with Gasteiger partial charge in [-0.3, -0.25) is 9.69 Å². The molecule has 3 heterocycles. The molecule has 1 aliphatic heterocycles. The topological polar surface area (TPSA) is 75.6 Å². The second kappa shape index (κ2) is 5.57. The fraction of sp³-hybridized carbons (Fsp3) is 0.533. The van der Waals surface area contributed by atoms with Gasteiger partial charge in [0.1, 0.15) is 0 Å². The molecular weight excluding hydrogens is 284 g/mol. The maximum atomic E-state index is 12.2. The summed E-state index contributed by atoms with van der Waals surface area (Å²) in [5.74, 6) is 2.40. The molecule has 0 N–H and O–H groups in total. The first kappa shape index (κ1) is 13.5. The van der Waals surface area contributed by atoms with E-state index in [4.69, 9.17) is 8.94 Å². The third-order valence-electron chi connectivity index (χ3n) is 4.18. The van der Waals surface area contributed by atoms with Crippen LogP contribution in [0.15, 0.2) is 27.3 Å². The second-order valence-corrected chi connectivity index (χ2v) is 5.87. The molecule has 22 heavy (non-hydrogen) atoms. The summed E-state index contributed by atoms with van der Waals surface area (Å²) in [6, 6.07) is 3.43. The van der Waals surface area contributed by atoms with E-state index in [2.05, 4.69) is 15.0 Å². The van der Waals surface area contributed by atoms with Crippen LogP contribution in [-0.4, -0.2) is 52.0 Å². The van der Waals surface area contributed by atoms with Crippen LogP contribution in [0.2, 0.25) is 0 Å². The fourth-order valence-electron chi connectivity index (χ4n) is 2.70. The van der Waals surface area contributed by atoms with Crippen molar-refractivity contribution in [2.45, 2.75) is 25.3 Å². The number of amides is 1. The van der Waals surface area contributed by atoms with E-state index in [-0.39, 0.29) is 5.91 Å². The predicted molar refractivity (Wildman–Crippen MR) is 76.2 cm³/mol. The largest absolute Gasteiger partial charge is 0.459 e. The Labute approximate surface area is 127 Å². The lowest BCUT2D eigenvalue weighted by molar-refractivity contribution is 0.0585. The molecule has 0 spiro atoms. The zero-order valence-electron chi connectivity index (χ0n) is 12.3. The van der Waals surface area contributed by atoms with E-state index in [0.717, 1.165) is 18.9 Å². The average Bonchev–Trinajstić information content (AvgIpc) is 3.06.